The second-order valence-electron chi connectivity index (χ2n) is 2.98. The molecule has 0 fully saturated rings. The number of halogens is 2. The normalized spacial score (nSPS) is 15.2. The Morgan fingerprint density at radius 1 is 1.57 bits per heavy atom. The Balaban J connectivity index is 3.01. The highest BCUT2D eigenvalue weighted by Gasteiger charge is 2.20. The topological polar surface area (TPSA) is 53.4 Å². The minimum Gasteiger partial charge on any atom is -0.389 e. The van der Waals surface area contributed by atoms with Crippen molar-refractivity contribution in [2.24, 2.45) is 0 Å². The molecule has 2 N–H and O–H groups in total. The fraction of sp³-hybridized carbons (Fsp3) is 0.444. The minimum absolute atomic E-state index is 0.107. The maximum atomic E-state index is 13.0. The standard InChI is InChI=1S/C9H11ClFNO2/c1-5-6(2-3-12-9(5)11)8(14)7(13)4-10/h2-3,7-8,13-14H,4H2,1H3. The van der Waals surface area contributed by atoms with Gasteiger partial charge >= 0.3 is 0 Å². The molecule has 2 unspecified atom stereocenters. The number of hydrogen-bond acceptors (Lipinski definition) is 3. The molecule has 78 valence electrons. The van der Waals surface area contributed by atoms with E-state index in [1.165, 1.54) is 19.2 Å². The second kappa shape index (κ2) is 4.68. The van der Waals surface area contributed by atoms with Gasteiger partial charge in [0.05, 0.1) is 12.0 Å². The third-order valence-electron chi connectivity index (χ3n) is 2.03. The molecule has 0 amide bonds. The summed E-state index contributed by atoms with van der Waals surface area (Å²) in [5.74, 6) is -0.756. The van der Waals surface area contributed by atoms with Crippen molar-refractivity contribution in [1.29, 1.82) is 0 Å². The SMILES string of the molecule is Cc1c(C(O)C(O)CCl)ccnc1F. The lowest BCUT2D eigenvalue weighted by Gasteiger charge is -2.17. The lowest BCUT2D eigenvalue weighted by atomic mass is 10.0. The number of aliphatic hydroxyl groups excluding tert-OH is 2. The van der Waals surface area contributed by atoms with Crippen LogP contribution >= 0.6 is 11.6 Å². The molecule has 1 aromatic heterocycles. The molecule has 0 radical (unpaired) electrons. The molecule has 0 saturated heterocycles. The van der Waals surface area contributed by atoms with Gasteiger partial charge < -0.3 is 10.2 Å². The molecule has 0 saturated carbocycles. The van der Waals surface area contributed by atoms with Crippen LogP contribution in [0.4, 0.5) is 4.39 Å². The molecule has 0 aromatic carbocycles. The predicted molar refractivity (Wildman–Crippen MR) is 50.6 cm³/mol. The summed E-state index contributed by atoms with van der Waals surface area (Å²) >= 11 is 5.37. The lowest BCUT2D eigenvalue weighted by molar-refractivity contribution is 0.0320. The largest absolute Gasteiger partial charge is 0.389 e. The number of alkyl halides is 1. The lowest BCUT2D eigenvalue weighted by Crippen LogP contribution is -2.21. The highest BCUT2D eigenvalue weighted by Crippen LogP contribution is 2.21. The Kier molecular flexibility index (Phi) is 3.80. The van der Waals surface area contributed by atoms with Gasteiger partial charge in [0.2, 0.25) is 5.95 Å². The van der Waals surface area contributed by atoms with E-state index in [1.54, 1.807) is 0 Å². The van der Waals surface area contributed by atoms with Crippen molar-refractivity contribution in [2.45, 2.75) is 19.1 Å². The van der Waals surface area contributed by atoms with Crippen molar-refractivity contribution < 1.29 is 14.6 Å². The Hall–Kier alpha value is -0.710. The summed E-state index contributed by atoms with van der Waals surface area (Å²) in [6, 6.07) is 1.46. The number of hydrogen-bond donors (Lipinski definition) is 2. The van der Waals surface area contributed by atoms with Gasteiger partial charge in [0.15, 0.2) is 0 Å². The number of aromatic nitrogens is 1. The van der Waals surface area contributed by atoms with E-state index in [-0.39, 0.29) is 11.4 Å². The molecule has 0 spiro atoms. The highest BCUT2D eigenvalue weighted by molar-refractivity contribution is 6.18. The predicted octanol–water partition coefficient (Wildman–Crippen LogP) is 1.16. The van der Waals surface area contributed by atoms with Crippen molar-refractivity contribution in [2.75, 3.05) is 5.88 Å². The quantitative estimate of drug-likeness (QED) is 0.593. The van der Waals surface area contributed by atoms with E-state index in [0.717, 1.165) is 0 Å². The van der Waals surface area contributed by atoms with Gasteiger partial charge in [-0.2, -0.15) is 4.39 Å². The summed E-state index contributed by atoms with van der Waals surface area (Å²) in [5, 5.41) is 18.8. The summed E-state index contributed by atoms with van der Waals surface area (Å²) in [6.45, 7) is 1.49. The van der Waals surface area contributed by atoms with E-state index < -0.39 is 18.2 Å². The molecule has 0 aliphatic heterocycles. The number of pyridine rings is 1. The molecular weight excluding hydrogens is 209 g/mol. The van der Waals surface area contributed by atoms with Gasteiger partial charge in [-0.3, -0.25) is 0 Å². The third kappa shape index (κ3) is 2.20. The molecule has 0 aliphatic rings. The summed E-state index contributed by atoms with van der Waals surface area (Å²) in [4.78, 5) is 3.41. The van der Waals surface area contributed by atoms with E-state index in [2.05, 4.69) is 4.98 Å². The summed E-state index contributed by atoms with van der Waals surface area (Å²) in [6.07, 6.45) is -1.04. The number of rotatable bonds is 3. The van der Waals surface area contributed by atoms with Gasteiger partial charge in [-0.15, -0.1) is 11.6 Å². The fourth-order valence-electron chi connectivity index (χ4n) is 1.14. The minimum atomic E-state index is -1.18. The first-order chi connectivity index (χ1) is 6.57. The van der Waals surface area contributed by atoms with Gasteiger partial charge in [0.1, 0.15) is 6.10 Å². The zero-order chi connectivity index (χ0) is 10.7. The molecule has 3 nitrogen and oxygen atoms in total. The molecule has 1 aromatic rings. The van der Waals surface area contributed by atoms with Crippen LogP contribution in [0.2, 0.25) is 0 Å². The maximum absolute atomic E-state index is 13.0. The number of aliphatic hydroxyl groups is 2. The van der Waals surface area contributed by atoms with E-state index >= 15 is 0 Å². The molecule has 14 heavy (non-hydrogen) atoms. The average molecular weight is 220 g/mol. The van der Waals surface area contributed by atoms with Crippen LogP contribution in [0.1, 0.15) is 17.2 Å². The van der Waals surface area contributed by atoms with Crippen molar-refractivity contribution in [3.05, 3.63) is 29.3 Å². The van der Waals surface area contributed by atoms with Crippen LogP contribution in [-0.4, -0.2) is 27.2 Å². The van der Waals surface area contributed by atoms with Crippen LogP contribution in [0, 0.1) is 12.9 Å². The first-order valence-corrected chi connectivity index (χ1v) is 4.64. The Bertz CT molecular complexity index is 322. The van der Waals surface area contributed by atoms with E-state index in [4.69, 9.17) is 11.6 Å². The van der Waals surface area contributed by atoms with Gasteiger partial charge in [-0.25, -0.2) is 4.98 Å². The third-order valence-corrected chi connectivity index (χ3v) is 2.34. The Morgan fingerprint density at radius 3 is 2.79 bits per heavy atom. The fourth-order valence-corrected chi connectivity index (χ4v) is 1.30. The molecule has 5 heteroatoms. The van der Waals surface area contributed by atoms with Crippen LogP contribution in [0.15, 0.2) is 12.3 Å². The van der Waals surface area contributed by atoms with E-state index in [1.807, 2.05) is 0 Å². The summed E-state index contributed by atoms with van der Waals surface area (Å²) < 4.78 is 13.0. The summed E-state index contributed by atoms with van der Waals surface area (Å²) in [5.41, 5.74) is 0.537. The molecule has 0 bridgehead atoms. The van der Waals surface area contributed by atoms with Crippen molar-refractivity contribution in [3.63, 3.8) is 0 Å². The van der Waals surface area contributed by atoms with Gasteiger partial charge in [-0.05, 0) is 18.6 Å². The van der Waals surface area contributed by atoms with E-state index in [9.17, 15) is 14.6 Å². The first kappa shape index (κ1) is 11.4. The van der Waals surface area contributed by atoms with Crippen LogP contribution in [0.25, 0.3) is 0 Å². The van der Waals surface area contributed by atoms with Gasteiger partial charge in [-0.1, -0.05) is 0 Å². The van der Waals surface area contributed by atoms with Gasteiger partial charge in [0.25, 0.3) is 0 Å². The van der Waals surface area contributed by atoms with Gasteiger partial charge in [0, 0.05) is 11.8 Å². The Morgan fingerprint density at radius 2 is 2.21 bits per heavy atom. The smallest absolute Gasteiger partial charge is 0.216 e. The van der Waals surface area contributed by atoms with Crippen LogP contribution in [-0.2, 0) is 0 Å². The van der Waals surface area contributed by atoms with Crippen LogP contribution in [0.3, 0.4) is 0 Å². The molecular formula is C9H11ClFNO2. The zero-order valence-electron chi connectivity index (χ0n) is 7.61. The second-order valence-corrected chi connectivity index (χ2v) is 3.29. The molecule has 1 rings (SSSR count). The van der Waals surface area contributed by atoms with Crippen molar-refractivity contribution in [3.8, 4) is 0 Å². The molecule has 2 atom stereocenters. The zero-order valence-corrected chi connectivity index (χ0v) is 8.37. The Labute approximate surface area is 86.2 Å². The van der Waals surface area contributed by atoms with E-state index in [0.29, 0.717) is 5.56 Å². The monoisotopic (exact) mass is 219 g/mol. The molecule has 0 aliphatic carbocycles. The average Bonchev–Trinajstić information content (AvgIpc) is 2.20. The van der Waals surface area contributed by atoms with Crippen LogP contribution in [0.5, 0.6) is 0 Å². The van der Waals surface area contributed by atoms with Crippen molar-refractivity contribution in [1.82, 2.24) is 4.98 Å². The van der Waals surface area contributed by atoms with Crippen LogP contribution < -0.4 is 0 Å². The number of nitrogens with zero attached hydrogens (tertiary/aromatic N) is 1. The molecule has 1 heterocycles. The first-order valence-electron chi connectivity index (χ1n) is 4.11. The summed E-state index contributed by atoms with van der Waals surface area (Å²) in [7, 11) is 0. The highest BCUT2D eigenvalue weighted by atomic mass is 35.5. The maximum Gasteiger partial charge on any atom is 0.216 e. The van der Waals surface area contributed by atoms with Crippen molar-refractivity contribution >= 4 is 11.6 Å².